The van der Waals surface area contributed by atoms with Crippen molar-refractivity contribution in [1.82, 2.24) is 0 Å². The number of hydrogen-bond donors (Lipinski definition) is 1. The van der Waals surface area contributed by atoms with Crippen molar-refractivity contribution in [2.75, 3.05) is 19.0 Å². The van der Waals surface area contributed by atoms with Gasteiger partial charge in [-0.15, -0.1) is 0 Å². The Morgan fingerprint density at radius 2 is 1.84 bits per heavy atom. The molecule has 0 spiro atoms. The molecule has 1 unspecified atom stereocenters. The van der Waals surface area contributed by atoms with E-state index in [2.05, 4.69) is 0 Å². The number of anilines is 1. The fourth-order valence-electron chi connectivity index (χ4n) is 2.00. The average Bonchev–Trinajstić information content (AvgIpc) is 2.41. The number of benzene rings is 2. The molecule has 100 valence electrons. The minimum atomic E-state index is -0.697. The van der Waals surface area contributed by atoms with Gasteiger partial charge in [-0.25, -0.2) is 4.39 Å². The Bertz CT molecular complexity index is 554. The highest BCUT2D eigenvalue weighted by atomic mass is 19.1. The highest BCUT2D eigenvalue weighted by Gasteiger charge is 2.12. The SMILES string of the molecule is CN(C)c1cccc(C(O)Cc2ccccc2F)c1. The summed E-state index contributed by atoms with van der Waals surface area (Å²) in [6, 6.07) is 14.2. The fourth-order valence-corrected chi connectivity index (χ4v) is 2.00. The molecule has 0 heterocycles. The number of rotatable bonds is 4. The number of aliphatic hydroxyl groups excluding tert-OH is 1. The van der Waals surface area contributed by atoms with Crippen LogP contribution in [0.25, 0.3) is 0 Å². The molecule has 0 aliphatic rings. The Morgan fingerprint density at radius 1 is 1.11 bits per heavy atom. The highest BCUT2D eigenvalue weighted by Crippen LogP contribution is 2.23. The highest BCUT2D eigenvalue weighted by molar-refractivity contribution is 5.47. The number of halogens is 1. The molecule has 0 aromatic heterocycles. The standard InChI is InChI=1S/C16H18FNO/c1-18(2)14-8-5-7-13(10-14)16(19)11-12-6-3-4-9-15(12)17/h3-10,16,19H,11H2,1-2H3. The zero-order valence-electron chi connectivity index (χ0n) is 11.2. The zero-order valence-corrected chi connectivity index (χ0v) is 11.2. The van der Waals surface area contributed by atoms with Gasteiger partial charge in [-0.05, 0) is 29.3 Å². The molecule has 0 radical (unpaired) electrons. The van der Waals surface area contributed by atoms with Crippen LogP contribution in [0.4, 0.5) is 10.1 Å². The predicted octanol–water partition coefficient (Wildman–Crippen LogP) is 3.17. The Labute approximate surface area is 113 Å². The third-order valence-corrected chi connectivity index (χ3v) is 3.14. The molecule has 1 atom stereocenters. The van der Waals surface area contributed by atoms with Crippen molar-refractivity contribution in [1.29, 1.82) is 0 Å². The Balaban J connectivity index is 2.18. The van der Waals surface area contributed by atoms with Gasteiger partial charge in [0, 0.05) is 26.2 Å². The molecule has 2 nitrogen and oxygen atoms in total. The number of aliphatic hydroxyl groups is 1. The first-order valence-corrected chi connectivity index (χ1v) is 6.26. The summed E-state index contributed by atoms with van der Waals surface area (Å²) in [6.45, 7) is 0. The predicted molar refractivity (Wildman–Crippen MR) is 75.8 cm³/mol. The van der Waals surface area contributed by atoms with E-state index in [4.69, 9.17) is 0 Å². The van der Waals surface area contributed by atoms with Crippen LogP contribution >= 0.6 is 0 Å². The molecule has 3 heteroatoms. The van der Waals surface area contributed by atoms with Crippen molar-refractivity contribution in [2.45, 2.75) is 12.5 Å². The van der Waals surface area contributed by atoms with Crippen LogP contribution in [0.2, 0.25) is 0 Å². The third-order valence-electron chi connectivity index (χ3n) is 3.14. The molecule has 0 saturated heterocycles. The van der Waals surface area contributed by atoms with Crippen molar-refractivity contribution < 1.29 is 9.50 Å². The lowest BCUT2D eigenvalue weighted by Crippen LogP contribution is -2.10. The van der Waals surface area contributed by atoms with E-state index in [9.17, 15) is 9.50 Å². The molecular weight excluding hydrogens is 241 g/mol. The summed E-state index contributed by atoms with van der Waals surface area (Å²) in [5.41, 5.74) is 2.35. The second kappa shape index (κ2) is 5.85. The van der Waals surface area contributed by atoms with Gasteiger partial charge in [0.15, 0.2) is 0 Å². The molecule has 0 aliphatic heterocycles. The smallest absolute Gasteiger partial charge is 0.126 e. The van der Waals surface area contributed by atoms with E-state index in [-0.39, 0.29) is 12.2 Å². The summed E-state index contributed by atoms with van der Waals surface area (Å²) in [5, 5.41) is 10.2. The largest absolute Gasteiger partial charge is 0.388 e. The van der Waals surface area contributed by atoms with Crippen LogP contribution in [0.3, 0.4) is 0 Å². The quantitative estimate of drug-likeness (QED) is 0.911. The topological polar surface area (TPSA) is 23.5 Å². The molecule has 0 bridgehead atoms. The van der Waals surface area contributed by atoms with Crippen LogP contribution in [0.5, 0.6) is 0 Å². The van der Waals surface area contributed by atoms with E-state index in [1.165, 1.54) is 6.07 Å². The van der Waals surface area contributed by atoms with Crippen LogP contribution in [0, 0.1) is 5.82 Å². The second-order valence-corrected chi connectivity index (χ2v) is 4.80. The summed E-state index contributed by atoms with van der Waals surface area (Å²) in [7, 11) is 3.89. The minimum absolute atomic E-state index is 0.273. The van der Waals surface area contributed by atoms with Gasteiger partial charge < -0.3 is 10.0 Å². The van der Waals surface area contributed by atoms with E-state index in [0.29, 0.717) is 5.56 Å². The third kappa shape index (κ3) is 3.32. The fraction of sp³-hybridized carbons (Fsp3) is 0.250. The lowest BCUT2D eigenvalue weighted by Gasteiger charge is -2.16. The first-order valence-electron chi connectivity index (χ1n) is 6.26. The van der Waals surface area contributed by atoms with Crippen LogP contribution in [-0.4, -0.2) is 19.2 Å². The number of nitrogens with zero attached hydrogens (tertiary/aromatic N) is 1. The molecule has 0 saturated carbocycles. The van der Waals surface area contributed by atoms with E-state index in [0.717, 1.165) is 11.3 Å². The molecule has 1 N–H and O–H groups in total. The van der Waals surface area contributed by atoms with Crippen molar-refractivity contribution in [2.24, 2.45) is 0 Å². The second-order valence-electron chi connectivity index (χ2n) is 4.80. The van der Waals surface area contributed by atoms with Crippen LogP contribution in [0.1, 0.15) is 17.2 Å². The van der Waals surface area contributed by atoms with Gasteiger partial charge >= 0.3 is 0 Å². The molecule has 0 amide bonds. The van der Waals surface area contributed by atoms with E-state index < -0.39 is 6.10 Å². The maximum absolute atomic E-state index is 13.6. The molecule has 2 rings (SSSR count). The molecule has 0 aliphatic carbocycles. The summed E-state index contributed by atoms with van der Waals surface area (Å²) >= 11 is 0. The lowest BCUT2D eigenvalue weighted by atomic mass is 10.0. The van der Waals surface area contributed by atoms with Gasteiger partial charge in [-0.2, -0.15) is 0 Å². The Hall–Kier alpha value is -1.87. The summed E-state index contributed by atoms with van der Waals surface area (Å²) < 4.78 is 13.6. The summed E-state index contributed by atoms with van der Waals surface area (Å²) in [6.07, 6.45) is -0.416. The Morgan fingerprint density at radius 3 is 2.53 bits per heavy atom. The zero-order chi connectivity index (χ0) is 13.8. The van der Waals surface area contributed by atoms with Crippen LogP contribution in [-0.2, 0) is 6.42 Å². The van der Waals surface area contributed by atoms with Gasteiger partial charge in [0.2, 0.25) is 0 Å². The van der Waals surface area contributed by atoms with Crippen molar-refractivity contribution >= 4 is 5.69 Å². The molecular formula is C16H18FNO. The van der Waals surface area contributed by atoms with Gasteiger partial charge in [-0.1, -0.05) is 30.3 Å². The average molecular weight is 259 g/mol. The van der Waals surface area contributed by atoms with Gasteiger partial charge in [-0.3, -0.25) is 0 Å². The van der Waals surface area contributed by atoms with Crippen molar-refractivity contribution in [3.05, 3.63) is 65.5 Å². The molecule has 2 aromatic carbocycles. The van der Waals surface area contributed by atoms with E-state index in [1.54, 1.807) is 18.2 Å². The first kappa shape index (κ1) is 13.6. The van der Waals surface area contributed by atoms with Crippen molar-refractivity contribution in [3.63, 3.8) is 0 Å². The summed E-state index contributed by atoms with van der Waals surface area (Å²) in [5.74, 6) is -0.273. The minimum Gasteiger partial charge on any atom is -0.388 e. The van der Waals surface area contributed by atoms with Gasteiger partial charge in [0.1, 0.15) is 5.82 Å². The first-order chi connectivity index (χ1) is 9.08. The maximum atomic E-state index is 13.6. The van der Waals surface area contributed by atoms with Gasteiger partial charge in [0.05, 0.1) is 6.10 Å². The van der Waals surface area contributed by atoms with Crippen LogP contribution in [0.15, 0.2) is 48.5 Å². The monoisotopic (exact) mass is 259 g/mol. The number of hydrogen-bond acceptors (Lipinski definition) is 2. The van der Waals surface area contributed by atoms with Gasteiger partial charge in [0.25, 0.3) is 0 Å². The molecule has 0 fully saturated rings. The summed E-state index contributed by atoms with van der Waals surface area (Å²) in [4.78, 5) is 1.97. The normalized spacial score (nSPS) is 12.2. The van der Waals surface area contributed by atoms with E-state index in [1.807, 2.05) is 43.3 Å². The Kier molecular flexibility index (Phi) is 4.17. The molecule has 19 heavy (non-hydrogen) atoms. The van der Waals surface area contributed by atoms with E-state index >= 15 is 0 Å². The lowest BCUT2D eigenvalue weighted by molar-refractivity contribution is 0.177. The van der Waals surface area contributed by atoms with Crippen molar-refractivity contribution in [3.8, 4) is 0 Å². The maximum Gasteiger partial charge on any atom is 0.126 e. The van der Waals surface area contributed by atoms with Crippen LogP contribution < -0.4 is 4.90 Å². The molecule has 2 aromatic rings.